The molecule has 0 radical (unpaired) electrons. The average Bonchev–Trinajstić information content (AvgIpc) is 2.67. The van der Waals surface area contributed by atoms with Crippen LogP contribution in [0.1, 0.15) is 58.1 Å². The van der Waals surface area contributed by atoms with Crippen molar-refractivity contribution >= 4 is 17.7 Å². The van der Waals surface area contributed by atoms with E-state index in [1.165, 1.54) is 11.1 Å². The molecule has 29 heavy (non-hydrogen) atoms. The van der Waals surface area contributed by atoms with Gasteiger partial charge in [0.2, 0.25) is 17.7 Å². The van der Waals surface area contributed by atoms with Crippen molar-refractivity contribution in [3.05, 3.63) is 35.4 Å². The number of carbonyl (C=O) groups is 3. The van der Waals surface area contributed by atoms with E-state index >= 15 is 0 Å². The molecular formula is C23H35N3O3. The molecule has 6 nitrogen and oxygen atoms in total. The number of amides is 3. The van der Waals surface area contributed by atoms with E-state index in [9.17, 15) is 14.4 Å². The van der Waals surface area contributed by atoms with Gasteiger partial charge in [-0.2, -0.15) is 0 Å². The molecule has 2 N–H and O–H groups in total. The Morgan fingerprint density at radius 3 is 2.41 bits per heavy atom. The molecule has 1 unspecified atom stereocenters. The van der Waals surface area contributed by atoms with Crippen LogP contribution >= 0.6 is 0 Å². The molecule has 1 heterocycles. The third-order valence-electron chi connectivity index (χ3n) is 5.21. The fourth-order valence-electron chi connectivity index (χ4n) is 3.57. The maximum absolute atomic E-state index is 12.5. The normalized spacial score (nSPS) is 14.5. The van der Waals surface area contributed by atoms with E-state index in [1.54, 1.807) is 0 Å². The van der Waals surface area contributed by atoms with Crippen molar-refractivity contribution in [2.24, 2.45) is 11.8 Å². The van der Waals surface area contributed by atoms with Gasteiger partial charge in [-0.1, -0.05) is 52.0 Å². The number of rotatable bonds is 9. The highest BCUT2D eigenvalue weighted by Crippen LogP contribution is 2.19. The number of carbonyl (C=O) groups excluding carboxylic acids is 3. The van der Waals surface area contributed by atoms with Crippen molar-refractivity contribution in [2.75, 3.05) is 13.1 Å². The van der Waals surface area contributed by atoms with Crippen molar-refractivity contribution in [3.8, 4) is 0 Å². The molecule has 0 aliphatic carbocycles. The number of hydrogen-bond donors (Lipinski definition) is 2. The minimum absolute atomic E-state index is 0.00108. The number of hydrogen-bond acceptors (Lipinski definition) is 3. The van der Waals surface area contributed by atoms with Gasteiger partial charge in [-0.05, 0) is 35.8 Å². The van der Waals surface area contributed by atoms with Crippen LogP contribution in [0.4, 0.5) is 0 Å². The van der Waals surface area contributed by atoms with E-state index in [0.29, 0.717) is 32.4 Å². The molecule has 0 saturated carbocycles. The lowest BCUT2D eigenvalue weighted by Gasteiger charge is -2.29. The summed E-state index contributed by atoms with van der Waals surface area (Å²) in [7, 11) is 0. The van der Waals surface area contributed by atoms with Gasteiger partial charge in [0.1, 0.15) is 6.04 Å². The Morgan fingerprint density at radius 2 is 1.76 bits per heavy atom. The molecule has 6 heteroatoms. The molecule has 0 bridgehead atoms. The lowest BCUT2D eigenvalue weighted by atomic mass is 9.99. The first-order valence-corrected chi connectivity index (χ1v) is 10.7. The van der Waals surface area contributed by atoms with Crippen LogP contribution in [-0.4, -0.2) is 41.8 Å². The van der Waals surface area contributed by atoms with Gasteiger partial charge in [-0.25, -0.2) is 0 Å². The molecule has 1 aromatic rings. The number of fused-ring (bicyclic) bond motifs is 1. The number of nitrogens with one attached hydrogen (secondary N) is 2. The minimum Gasteiger partial charge on any atom is -0.354 e. The summed E-state index contributed by atoms with van der Waals surface area (Å²) in [5, 5.41) is 5.70. The van der Waals surface area contributed by atoms with Gasteiger partial charge in [0.05, 0.1) is 0 Å². The van der Waals surface area contributed by atoms with Crippen molar-refractivity contribution in [1.82, 2.24) is 15.5 Å². The molecule has 3 amide bonds. The second kappa shape index (κ2) is 11.0. The molecule has 0 saturated heterocycles. The first kappa shape index (κ1) is 22.9. The first-order chi connectivity index (χ1) is 13.8. The SMILES string of the molecule is CC(C)CC(=O)NC(C(=O)NCCCC(=O)N1CCc2ccccc2C1)C(C)C. The average molecular weight is 402 g/mol. The molecule has 1 aliphatic heterocycles. The summed E-state index contributed by atoms with van der Waals surface area (Å²) in [6, 6.07) is 7.70. The molecule has 1 aliphatic rings. The summed E-state index contributed by atoms with van der Waals surface area (Å²) in [5.74, 6) is 0.0880. The van der Waals surface area contributed by atoms with Crippen LogP contribution in [0, 0.1) is 11.8 Å². The lowest BCUT2D eigenvalue weighted by molar-refractivity contribution is -0.132. The van der Waals surface area contributed by atoms with Gasteiger partial charge in [0, 0.05) is 32.5 Å². The van der Waals surface area contributed by atoms with Crippen molar-refractivity contribution < 1.29 is 14.4 Å². The predicted octanol–water partition coefficient (Wildman–Crippen LogP) is 2.65. The summed E-state index contributed by atoms with van der Waals surface area (Å²) < 4.78 is 0. The summed E-state index contributed by atoms with van der Waals surface area (Å²) in [6.07, 6.45) is 2.30. The van der Waals surface area contributed by atoms with E-state index in [1.807, 2.05) is 44.7 Å². The van der Waals surface area contributed by atoms with Crippen LogP contribution in [0.5, 0.6) is 0 Å². The molecule has 0 fully saturated rings. The zero-order chi connectivity index (χ0) is 21.4. The molecule has 1 aromatic carbocycles. The Kier molecular flexibility index (Phi) is 8.68. The van der Waals surface area contributed by atoms with Gasteiger partial charge in [-0.3, -0.25) is 14.4 Å². The van der Waals surface area contributed by atoms with Crippen LogP contribution in [0.3, 0.4) is 0 Å². The Morgan fingerprint density at radius 1 is 1.07 bits per heavy atom. The molecular weight excluding hydrogens is 366 g/mol. The highest BCUT2D eigenvalue weighted by molar-refractivity contribution is 5.87. The smallest absolute Gasteiger partial charge is 0.242 e. The fraction of sp³-hybridized carbons (Fsp3) is 0.609. The Bertz CT molecular complexity index is 715. The minimum atomic E-state index is -0.546. The fourth-order valence-corrected chi connectivity index (χ4v) is 3.57. The Labute approximate surface area is 174 Å². The largest absolute Gasteiger partial charge is 0.354 e. The molecule has 0 aromatic heterocycles. The molecule has 1 atom stereocenters. The van der Waals surface area contributed by atoms with Gasteiger partial charge in [0.15, 0.2) is 0 Å². The monoisotopic (exact) mass is 401 g/mol. The highest BCUT2D eigenvalue weighted by Gasteiger charge is 2.24. The van der Waals surface area contributed by atoms with Crippen LogP contribution in [0.25, 0.3) is 0 Å². The van der Waals surface area contributed by atoms with Crippen molar-refractivity contribution in [1.29, 1.82) is 0 Å². The maximum atomic E-state index is 12.5. The summed E-state index contributed by atoms with van der Waals surface area (Å²) in [5.41, 5.74) is 2.54. The Hall–Kier alpha value is -2.37. The quantitative estimate of drug-likeness (QED) is 0.625. The summed E-state index contributed by atoms with van der Waals surface area (Å²) in [4.78, 5) is 38.9. The van der Waals surface area contributed by atoms with Crippen LogP contribution in [-0.2, 0) is 27.3 Å². The standard InChI is InChI=1S/C23H35N3O3/c1-16(2)14-20(27)25-22(17(3)4)23(29)24-12-7-10-21(28)26-13-11-18-8-5-6-9-19(18)15-26/h5-6,8-9,16-17,22H,7,10-15H2,1-4H3,(H,24,29)(H,25,27). The highest BCUT2D eigenvalue weighted by atomic mass is 16.2. The van der Waals surface area contributed by atoms with Crippen LogP contribution in [0.15, 0.2) is 24.3 Å². The van der Waals surface area contributed by atoms with E-state index in [-0.39, 0.29) is 29.6 Å². The zero-order valence-corrected chi connectivity index (χ0v) is 18.2. The van der Waals surface area contributed by atoms with E-state index in [4.69, 9.17) is 0 Å². The molecule has 160 valence electrons. The van der Waals surface area contributed by atoms with Crippen molar-refractivity contribution in [3.63, 3.8) is 0 Å². The van der Waals surface area contributed by atoms with Gasteiger partial charge in [0.25, 0.3) is 0 Å². The molecule has 0 spiro atoms. The van der Waals surface area contributed by atoms with Crippen LogP contribution < -0.4 is 10.6 Å². The first-order valence-electron chi connectivity index (χ1n) is 10.7. The topological polar surface area (TPSA) is 78.5 Å². The van der Waals surface area contributed by atoms with Gasteiger partial charge >= 0.3 is 0 Å². The van der Waals surface area contributed by atoms with E-state index < -0.39 is 6.04 Å². The second-order valence-electron chi connectivity index (χ2n) is 8.62. The second-order valence-corrected chi connectivity index (χ2v) is 8.62. The third kappa shape index (κ3) is 7.18. The van der Waals surface area contributed by atoms with Gasteiger partial charge < -0.3 is 15.5 Å². The third-order valence-corrected chi connectivity index (χ3v) is 5.21. The van der Waals surface area contributed by atoms with E-state index in [2.05, 4.69) is 22.8 Å². The predicted molar refractivity (Wildman–Crippen MR) is 114 cm³/mol. The van der Waals surface area contributed by atoms with Crippen LogP contribution in [0.2, 0.25) is 0 Å². The van der Waals surface area contributed by atoms with Crippen molar-refractivity contribution in [2.45, 2.75) is 66.0 Å². The summed E-state index contributed by atoms with van der Waals surface area (Å²) >= 11 is 0. The molecule has 2 rings (SSSR count). The lowest BCUT2D eigenvalue weighted by Crippen LogP contribution is -2.50. The Balaban J connectivity index is 1.73. The summed E-state index contributed by atoms with van der Waals surface area (Å²) in [6.45, 7) is 9.62. The maximum Gasteiger partial charge on any atom is 0.242 e. The zero-order valence-electron chi connectivity index (χ0n) is 18.2. The van der Waals surface area contributed by atoms with Gasteiger partial charge in [-0.15, -0.1) is 0 Å². The number of nitrogens with zero attached hydrogens (tertiary/aromatic N) is 1. The van der Waals surface area contributed by atoms with E-state index in [0.717, 1.165) is 13.0 Å². The number of benzene rings is 1.